The Morgan fingerprint density at radius 3 is 2.54 bits per heavy atom. The van der Waals surface area contributed by atoms with Gasteiger partial charge in [0, 0.05) is 10.9 Å². The van der Waals surface area contributed by atoms with Crippen molar-refractivity contribution in [2.45, 2.75) is 13.1 Å². The molecule has 3 aromatic rings. The average molecular weight is 409 g/mol. The number of nitrogens with zero attached hydrogens (tertiary/aromatic N) is 1. The minimum Gasteiger partial charge on any atom is -0.495 e. The first-order valence-corrected chi connectivity index (χ1v) is 8.70. The van der Waals surface area contributed by atoms with E-state index in [1.165, 1.54) is 31.4 Å². The van der Waals surface area contributed by atoms with Crippen LogP contribution in [0.4, 0.5) is 18.9 Å². The number of carbonyl (C=O) groups excluding carboxylic acids is 2. The van der Waals surface area contributed by atoms with Crippen molar-refractivity contribution in [1.29, 1.82) is 0 Å². The van der Waals surface area contributed by atoms with Gasteiger partial charge in [0.15, 0.2) is 0 Å². The predicted octanol–water partition coefficient (Wildman–Crippen LogP) is 3.98. The van der Waals surface area contributed by atoms with Crippen LogP contribution in [0.2, 0.25) is 0 Å². The second-order valence-corrected chi connectivity index (χ2v) is 6.84. The highest BCUT2D eigenvalue weighted by atomic mass is 32.1. The number of alkyl halides is 3. The van der Waals surface area contributed by atoms with E-state index < -0.39 is 23.7 Å². The van der Waals surface area contributed by atoms with E-state index in [4.69, 9.17) is 10.5 Å². The molecule has 0 aliphatic carbocycles. The average Bonchev–Trinajstić information content (AvgIpc) is 2.97. The molecule has 0 radical (unpaired) electrons. The molecular weight excluding hydrogens is 395 g/mol. The van der Waals surface area contributed by atoms with Gasteiger partial charge in [-0.1, -0.05) is 0 Å². The monoisotopic (exact) mass is 409 g/mol. The number of methoxy groups -OCH3 is 1. The van der Waals surface area contributed by atoms with Crippen molar-refractivity contribution in [2.75, 3.05) is 12.4 Å². The lowest BCUT2D eigenvalue weighted by Gasteiger charge is -2.11. The summed E-state index contributed by atoms with van der Waals surface area (Å²) in [6.45, 7) is 1.62. The molecule has 0 spiro atoms. The molecule has 2 aromatic heterocycles. The number of fused-ring (bicyclic) bond motifs is 1. The van der Waals surface area contributed by atoms with Crippen LogP contribution < -0.4 is 15.8 Å². The second kappa shape index (κ2) is 7.12. The Balaban J connectivity index is 1.99. The van der Waals surface area contributed by atoms with Crippen molar-refractivity contribution in [1.82, 2.24) is 4.98 Å². The van der Waals surface area contributed by atoms with Gasteiger partial charge in [-0.25, -0.2) is 4.98 Å². The molecule has 1 aromatic carbocycles. The zero-order chi connectivity index (χ0) is 20.6. The highest BCUT2D eigenvalue weighted by Crippen LogP contribution is 2.35. The molecular formula is C18H14F3N3O3S. The third kappa shape index (κ3) is 3.63. The third-order valence-corrected chi connectivity index (χ3v) is 5.23. The number of carbonyl (C=O) groups is 2. The molecule has 0 unspecified atom stereocenters. The van der Waals surface area contributed by atoms with Gasteiger partial charge < -0.3 is 15.8 Å². The quantitative estimate of drug-likeness (QED) is 0.681. The number of pyridine rings is 1. The highest BCUT2D eigenvalue weighted by molar-refractivity contribution is 7.20. The fourth-order valence-electron chi connectivity index (χ4n) is 2.61. The van der Waals surface area contributed by atoms with Crippen molar-refractivity contribution < 1.29 is 27.5 Å². The van der Waals surface area contributed by atoms with E-state index in [2.05, 4.69) is 10.3 Å². The minimum absolute atomic E-state index is 0.107. The van der Waals surface area contributed by atoms with Crippen LogP contribution in [0, 0.1) is 6.92 Å². The smallest absolute Gasteiger partial charge is 0.433 e. The fourth-order valence-corrected chi connectivity index (χ4v) is 3.69. The number of benzene rings is 1. The lowest BCUT2D eigenvalue weighted by atomic mass is 10.1. The Morgan fingerprint density at radius 2 is 1.93 bits per heavy atom. The number of halogens is 3. The summed E-state index contributed by atoms with van der Waals surface area (Å²) < 4.78 is 43.8. The molecule has 3 N–H and O–H groups in total. The number of aromatic nitrogens is 1. The zero-order valence-electron chi connectivity index (χ0n) is 14.7. The standard InChI is InChI=1S/C18H14F3N3O3S/c1-8-10-4-6-13(18(19,20)21)24-17(10)28-14(8)16(26)23-11-7-9(15(22)25)3-5-12(11)27-2/h3-7H,1-2H3,(H2,22,25)(H,23,26). The van der Waals surface area contributed by atoms with Crippen LogP contribution in [-0.4, -0.2) is 23.9 Å². The van der Waals surface area contributed by atoms with E-state index in [1.54, 1.807) is 6.92 Å². The van der Waals surface area contributed by atoms with Gasteiger partial charge in [-0.3, -0.25) is 9.59 Å². The first kappa shape index (κ1) is 19.6. The summed E-state index contributed by atoms with van der Waals surface area (Å²) in [4.78, 5) is 28.0. The van der Waals surface area contributed by atoms with Crippen molar-refractivity contribution in [2.24, 2.45) is 5.73 Å². The first-order valence-electron chi connectivity index (χ1n) is 7.88. The molecule has 0 aliphatic rings. The van der Waals surface area contributed by atoms with Gasteiger partial charge in [0.25, 0.3) is 5.91 Å². The number of amides is 2. The Bertz CT molecular complexity index is 1090. The molecule has 146 valence electrons. The normalized spacial score (nSPS) is 11.5. The summed E-state index contributed by atoms with van der Waals surface area (Å²) in [7, 11) is 1.39. The molecule has 0 bridgehead atoms. The van der Waals surface area contributed by atoms with E-state index in [0.717, 1.165) is 17.4 Å². The van der Waals surface area contributed by atoms with E-state index in [-0.39, 0.29) is 21.0 Å². The number of rotatable bonds is 4. The van der Waals surface area contributed by atoms with E-state index in [9.17, 15) is 22.8 Å². The molecule has 0 aliphatic heterocycles. The van der Waals surface area contributed by atoms with Crippen molar-refractivity contribution >= 4 is 39.1 Å². The molecule has 0 saturated heterocycles. The number of nitrogens with two attached hydrogens (primary N) is 1. The number of nitrogens with one attached hydrogen (secondary N) is 1. The molecule has 10 heteroatoms. The lowest BCUT2D eigenvalue weighted by molar-refractivity contribution is -0.140. The third-order valence-electron chi connectivity index (χ3n) is 4.03. The van der Waals surface area contributed by atoms with Crippen LogP contribution in [0.3, 0.4) is 0 Å². The molecule has 2 heterocycles. The number of hydrogen-bond acceptors (Lipinski definition) is 5. The van der Waals surface area contributed by atoms with Crippen LogP contribution in [0.25, 0.3) is 10.2 Å². The van der Waals surface area contributed by atoms with Crippen LogP contribution in [-0.2, 0) is 6.18 Å². The van der Waals surface area contributed by atoms with Gasteiger partial charge >= 0.3 is 6.18 Å². The summed E-state index contributed by atoms with van der Waals surface area (Å²) in [5, 5.41) is 3.07. The Labute approximate surface area is 161 Å². The largest absolute Gasteiger partial charge is 0.495 e. The number of primary amides is 1. The van der Waals surface area contributed by atoms with Crippen LogP contribution in [0.1, 0.15) is 31.3 Å². The number of thiophene rings is 1. The van der Waals surface area contributed by atoms with Gasteiger partial charge in [0.05, 0.1) is 17.7 Å². The maximum absolute atomic E-state index is 12.9. The van der Waals surface area contributed by atoms with E-state index in [0.29, 0.717) is 16.7 Å². The predicted molar refractivity (Wildman–Crippen MR) is 98.8 cm³/mol. The summed E-state index contributed by atoms with van der Waals surface area (Å²) in [5.41, 5.74) is 5.11. The van der Waals surface area contributed by atoms with Crippen LogP contribution >= 0.6 is 11.3 Å². The minimum atomic E-state index is -4.57. The van der Waals surface area contributed by atoms with Gasteiger partial charge in [0.2, 0.25) is 5.91 Å². The summed E-state index contributed by atoms with van der Waals surface area (Å²) in [5.74, 6) is -0.941. The highest BCUT2D eigenvalue weighted by Gasteiger charge is 2.33. The number of hydrogen-bond donors (Lipinski definition) is 2. The molecule has 0 fully saturated rings. The van der Waals surface area contributed by atoms with Gasteiger partial charge in [0.1, 0.15) is 16.3 Å². The Morgan fingerprint density at radius 1 is 1.21 bits per heavy atom. The van der Waals surface area contributed by atoms with Gasteiger partial charge in [-0.05, 0) is 42.8 Å². The van der Waals surface area contributed by atoms with Crippen LogP contribution in [0.15, 0.2) is 30.3 Å². The SMILES string of the molecule is COc1ccc(C(N)=O)cc1NC(=O)c1sc2nc(C(F)(F)F)ccc2c1C. The van der Waals surface area contributed by atoms with Gasteiger partial charge in [-0.15, -0.1) is 11.3 Å². The van der Waals surface area contributed by atoms with Crippen LogP contribution in [0.5, 0.6) is 5.75 Å². The molecule has 0 saturated carbocycles. The first-order chi connectivity index (χ1) is 13.1. The van der Waals surface area contributed by atoms with Gasteiger partial charge in [-0.2, -0.15) is 13.2 Å². The number of ether oxygens (including phenoxy) is 1. The molecule has 0 atom stereocenters. The maximum atomic E-state index is 12.9. The summed E-state index contributed by atoms with van der Waals surface area (Å²) in [6.07, 6.45) is -4.57. The molecule has 6 nitrogen and oxygen atoms in total. The van der Waals surface area contributed by atoms with Crippen molar-refractivity contribution in [3.63, 3.8) is 0 Å². The maximum Gasteiger partial charge on any atom is 0.433 e. The van der Waals surface area contributed by atoms with Crippen molar-refractivity contribution in [3.8, 4) is 5.75 Å². The zero-order valence-corrected chi connectivity index (χ0v) is 15.5. The molecule has 3 rings (SSSR count). The summed E-state index contributed by atoms with van der Waals surface area (Å²) in [6, 6.07) is 6.46. The molecule has 28 heavy (non-hydrogen) atoms. The van der Waals surface area contributed by atoms with Crippen molar-refractivity contribution in [3.05, 3.63) is 52.0 Å². The Hall–Kier alpha value is -3.14. The Kier molecular flexibility index (Phi) is 4.99. The topological polar surface area (TPSA) is 94.3 Å². The summed E-state index contributed by atoms with van der Waals surface area (Å²) >= 11 is 0.850. The number of anilines is 1. The van der Waals surface area contributed by atoms with E-state index in [1.807, 2.05) is 0 Å². The second-order valence-electron chi connectivity index (χ2n) is 5.84. The fraction of sp³-hybridized carbons (Fsp3) is 0.167. The number of aryl methyl sites for hydroxylation is 1. The van der Waals surface area contributed by atoms with E-state index >= 15 is 0 Å². The lowest BCUT2D eigenvalue weighted by Crippen LogP contribution is -2.15. The molecule has 2 amide bonds.